The summed E-state index contributed by atoms with van der Waals surface area (Å²) >= 11 is 3.22. The summed E-state index contributed by atoms with van der Waals surface area (Å²) in [5.74, 6) is -1.33. The van der Waals surface area contributed by atoms with E-state index in [-0.39, 0.29) is 0 Å². The molecule has 1 nitrogen and oxygen atoms in total. The van der Waals surface area contributed by atoms with Crippen molar-refractivity contribution in [2.24, 2.45) is 0 Å². The molecule has 0 bridgehead atoms. The van der Waals surface area contributed by atoms with E-state index < -0.39 is 11.6 Å². The Morgan fingerprint density at radius 2 is 1.92 bits per heavy atom. The quantitative estimate of drug-likeness (QED) is 0.750. The summed E-state index contributed by atoms with van der Waals surface area (Å²) in [7, 11) is 1.43. The lowest BCUT2D eigenvalue weighted by Crippen LogP contribution is -1.96. The molecule has 0 radical (unpaired) electrons. The van der Waals surface area contributed by atoms with Crippen molar-refractivity contribution in [3.05, 3.63) is 29.3 Å². The molecule has 1 aromatic carbocycles. The molecule has 0 spiro atoms. The van der Waals surface area contributed by atoms with Crippen LogP contribution in [0.4, 0.5) is 8.78 Å². The first-order valence-electron chi connectivity index (χ1n) is 3.77. The largest absolute Gasteiger partial charge is 0.496 e. The van der Waals surface area contributed by atoms with Gasteiger partial charge >= 0.3 is 0 Å². The predicted molar refractivity (Wildman–Crippen MR) is 50.4 cm³/mol. The van der Waals surface area contributed by atoms with Crippen molar-refractivity contribution in [1.82, 2.24) is 0 Å². The van der Waals surface area contributed by atoms with E-state index >= 15 is 0 Å². The van der Waals surface area contributed by atoms with Gasteiger partial charge < -0.3 is 4.74 Å². The summed E-state index contributed by atoms with van der Waals surface area (Å²) in [5, 5.41) is 0.689. The summed E-state index contributed by atoms with van der Waals surface area (Å²) in [6.07, 6.45) is 0.611. The zero-order valence-corrected chi connectivity index (χ0v) is 8.70. The molecular weight excluding hydrogens is 242 g/mol. The van der Waals surface area contributed by atoms with Crippen LogP contribution in [0, 0.1) is 11.6 Å². The number of halogens is 3. The van der Waals surface area contributed by atoms with E-state index in [0.29, 0.717) is 23.1 Å². The van der Waals surface area contributed by atoms with Crippen molar-refractivity contribution in [3.8, 4) is 5.75 Å². The number of benzene rings is 1. The van der Waals surface area contributed by atoms with Crippen LogP contribution < -0.4 is 4.74 Å². The van der Waals surface area contributed by atoms with E-state index in [2.05, 4.69) is 15.9 Å². The molecule has 72 valence electrons. The molecule has 0 aliphatic heterocycles. The van der Waals surface area contributed by atoms with Crippen LogP contribution in [0.3, 0.4) is 0 Å². The van der Waals surface area contributed by atoms with Crippen molar-refractivity contribution in [1.29, 1.82) is 0 Å². The number of hydrogen-bond donors (Lipinski definition) is 0. The van der Waals surface area contributed by atoms with E-state index in [4.69, 9.17) is 4.74 Å². The molecule has 1 rings (SSSR count). The Balaban J connectivity index is 3.09. The molecule has 0 saturated heterocycles. The Hall–Kier alpha value is -0.640. The maximum absolute atomic E-state index is 12.8. The molecule has 0 N–H and O–H groups in total. The Bertz CT molecular complexity index is 302. The van der Waals surface area contributed by atoms with Crippen LogP contribution in [0.1, 0.15) is 5.56 Å². The van der Waals surface area contributed by atoms with Crippen LogP contribution in [-0.4, -0.2) is 12.4 Å². The van der Waals surface area contributed by atoms with Crippen molar-refractivity contribution in [2.45, 2.75) is 6.42 Å². The van der Waals surface area contributed by atoms with Gasteiger partial charge in [0, 0.05) is 11.4 Å². The molecule has 0 saturated carbocycles. The smallest absolute Gasteiger partial charge is 0.162 e. The van der Waals surface area contributed by atoms with E-state index in [9.17, 15) is 8.78 Å². The summed E-state index contributed by atoms with van der Waals surface area (Å²) in [6, 6.07) is 2.22. The van der Waals surface area contributed by atoms with Crippen LogP contribution in [0.15, 0.2) is 12.1 Å². The van der Waals surface area contributed by atoms with Crippen molar-refractivity contribution in [3.63, 3.8) is 0 Å². The third-order valence-corrected chi connectivity index (χ3v) is 2.08. The molecule has 0 heterocycles. The molecule has 0 fully saturated rings. The van der Waals surface area contributed by atoms with Crippen LogP contribution >= 0.6 is 15.9 Å². The highest BCUT2D eigenvalue weighted by atomic mass is 79.9. The van der Waals surface area contributed by atoms with Gasteiger partial charge in [-0.3, -0.25) is 0 Å². The molecule has 13 heavy (non-hydrogen) atoms. The average molecular weight is 251 g/mol. The molecule has 0 unspecified atom stereocenters. The summed E-state index contributed by atoms with van der Waals surface area (Å²) in [4.78, 5) is 0. The van der Waals surface area contributed by atoms with E-state index in [1.807, 2.05) is 0 Å². The summed E-state index contributed by atoms with van der Waals surface area (Å²) in [5.41, 5.74) is 0.665. The number of hydrogen-bond acceptors (Lipinski definition) is 1. The Morgan fingerprint density at radius 1 is 1.31 bits per heavy atom. The van der Waals surface area contributed by atoms with Gasteiger partial charge in [0.15, 0.2) is 11.6 Å². The topological polar surface area (TPSA) is 9.23 Å². The van der Waals surface area contributed by atoms with E-state index in [1.165, 1.54) is 7.11 Å². The van der Waals surface area contributed by atoms with Crippen LogP contribution in [0.25, 0.3) is 0 Å². The second-order valence-electron chi connectivity index (χ2n) is 2.52. The van der Waals surface area contributed by atoms with Crippen molar-refractivity contribution < 1.29 is 13.5 Å². The molecule has 0 aliphatic rings. The highest BCUT2D eigenvalue weighted by Gasteiger charge is 2.09. The van der Waals surface area contributed by atoms with Crippen LogP contribution in [0.2, 0.25) is 0 Å². The minimum atomic E-state index is -0.879. The Morgan fingerprint density at radius 3 is 2.46 bits per heavy atom. The number of rotatable bonds is 3. The third-order valence-electron chi connectivity index (χ3n) is 1.69. The fraction of sp³-hybridized carbons (Fsp3) is 0.333. The minimum absolute atomic E-state index is 0.387. The molecule has 0 aromatic heterocycles. The van der Waals surface area contributed by atoms with Crippen LogP contribution in [0.5, 0.6) is 5.75 Å². The average Bonchev–Trinajstić information content (AvgIpc) is 2.11. The lowest BCUT2D eigenvalue weighted by molar-refractivity contribution is 0.401. The zero-order chi connectivity index (χ0) is 9.84. The number of alkyl halides is 1. The van der Waals surface area contributed by atoms with Gasteiger partial charge in [-0.25, -0.2) is 8.78 Å². The van der Waals surface area contributed by atoms with Gasteiger partial charge in [0.1, 0.15) is 5.75 Å². The van der Waals surface area contributed by atoms with Gasteiger partial charge in [-0.15, -0.1) is 0 Å². The lowest BCUT2D eigenvalue weighted by Gasteiger charge is -2.07. The zero-order valence-electron chi connectivity index (χ0n) is 7.11. The van der Waals surface area contributed by atoms with E-state index in [1.54, 1.807) is 0 Å². The fourth-order valence-electron chi connectivity index (χ4n) is 1.06. The standard InChI is InChI=1S/C9H9BrF2O/c1-13-9-5-8(12)7(11)4-6(9)2-3-10/h4-5H,2-3H2,1H3. The molecule has 4 heteroatoms. The second kappa shape index (κ2) is 4.56. The maximum atomic E-state index is 12.8. The summed E-state index contributed by atoms with van der Waals surface area (Å²) in [6.45, 7) is 0. The molecular formula is C9H9BrF2O. The summed E-state index contributed by atoms with van der Waals surface area (Å²) < 4.78 is 30.4. The van der Waals surface area contributed by atoms with Gasteiger partial charge in [0.25, 0.3) is 0 Å². The van der Waals surface area contributed by atoms with Gasteiger partial charge in [-0.05, 0) is 18.1 Å². The highest BCUT2D eigenvalue weighted by molar-refractivity contribution is 9.09. The highest BCUT2D eigenvalue weighted by Crippen LogP contribution is 2.22. The van der Waals surface area contributed by atoms with Gasteiger partial charge in [-0.2, -0.15) is 0 Å². The Kier molecular flexibility index (Phi) is 3.66. The SMILES string of the molecule is COc1cc(F)c(F)cc1CCBr. The first-order valence-corrected chi connectivity index (χ1v) is 4.89. The van der Waals surface area contributed by atoms with Gasteiger partial charge in [0.2, 0.25) is 0 Å². The Labute approximate surface area is 83.8 Å². The normalized spacial score (nSPS) is 10.2. The van der Waals surface area contributed by atoms with Crippen LogP contribution in [-0.2, 0) is 6.42 Å². The molecule has 1 aromatic rings. The second-order valence-corrected chi connectivity index (χ2v) is 3.31. The first-order chi connectivity index (χ1) is 6.19. The number of ether oxygens (including phenoxy) is 1. The van der Waals surface area contributed by atoms with E-state index in [0.717, 1.165) is 12.1 Å². The van der Waals surface area contributed by atoms with Gasteiger partial charge in [-0.1, -0.05) is 15.9 Å². The number of aryl methyl sites for hydroxylation is 1. The molecule has 0 aliphatic carbocycles. The predicted octanol–water partition coefficient (Wildman–Crippen LogP) is 2.91. The molecule has 0 amide bonds. The lowest BCUT2D eigenvalue weighted by atomic mass is 10.1. The number of methoxy groups -OCH3 is 1. The van der Waals surface area contributed by atoms with Gasteiger partial charge in [0.05, 0.1) is 7.11 Å². The molecule has 0 atom stereocenters. The van der Waals surface area contributed by atoms with Crippen molar-refractivity contribution >= 4 is 15.9 Å². The maximum Gasteiger partial charge on any atom is 0.162 e. The fourth-order valence-corrected chi connectivity index (χ4v) is 1.48. The third kappa shape index (κ3) is 2.40. The monoisotopic (exact) mass is 250 g/mol. The first kappa shape index (κ1) is 10.4. The minimum Gasteiger partial charge on any atom is -0.496 e. The van der Waals surface area contributed by atoms with Crippen molar-refractivity contribution in [2.75, 3.05) is 12.4 Å².